The fourth-order valence-corrected chi connectivity index (χ4v) is 3.08. The standard InChI is InChI=1S/C18H22N6O/c1-11-13(8-19)16(18(2,3)4)14(23-11)7-12-9-22-24(17(12)25)15-10-20-5-6-21-15/h5-7,9-10,23H,8,19H2,1-4H3/b12-7+. The predicted molar refractivity (Wildman–Crippen MR) is 98.1 cm³/mol. The number of carbonyl (C=O) groups is 1. The average molecular weight is 338 g/mol. The fourth-order valence-electron chi connectivity index (χ4n) is 3.08. The number of nitrogens with one attached hydrogen (secondary N) is 1. The van der Waals surface area contributed by atoms with Crippen LogP contribution in [0.5, 0.6) is 0 Å². The van der Waals surface area contributed by atoms with Gasteiger partial charge in [-0.15, -0.1) is 0 Å². The van der Waals surface area contributed by atoms with Crippen LogP contribution in [0.15, 0.2) is 29.3 Å². The first-order valence-corrected chi connectivity index (χ1v) is 8.11. The molecule has 0 saturated heterocycles. The molecular formula is C18H22N6O. The van der Waals surface area contributed by atoms with Gasteiger partial charge in [-0.3, -0.25) is 9.78 Å². The Hall–Kier alpha value is -2.80. The first-order chi connectivity index (χ1) is 11.8. The van der Waals surface area contributed by atoms with Crippen LogP contribution in [0.1, 0.15) is 43.3 Å². The van der Waals surface area contributed by atoms with Crippen LogP contribution >= 0.6 is 0 Å². The Balaban J connectivity index is 2.01. The zero-order valence-electron chi connectivity index (χ0n) is 14.9. The maximum atomic E-state index is 12.7. The molecule has 0 fully saturated rings. The van der Waals surface area contributed by atoms with Crippen LogP contribution in [-0.2, 0) is 16.8 Å². The third-order valence-corrected chi connectivity index (χ3v) is 4.12. The van der Waals surface area contributed by atoms with E-state index in [1.807, 2.05) is 13.0 Å². The van der Waals surface area contributed by atoms with Gasteiger partial charge in [0.05, 0.1) is 18.0 Å². The lowest BCUT2D eigenvalue weighted by molar-refractivity contribution is -0.114. The van der Waals surface area contributed by atoms with Gasteiger partial charge in [0.25, 0.3) is 5.91 Å². The minimum absolute atomic E-state index is 0.102. The molecular weight excluding hydrogens is 316 g/mol. The SMILES string of the molecule is Cc1[nH]c(/C=C2\C=NN(c3cnccn3)C2=O)c(C(C)(C)C)c1CN. The third-order valence-electron chi connectivity index (χ3n) is 4.12. The molecule has 0 aromatic carbocycles. The average Bonchev–Trinajstić information content (AvgIpc) is 3.08. The molecule has 0 unspecified atom stereocenters. The Kier molecular flexibility index (Phi) is 4.26. The maximum Gasteiger partial charge on any atom is 0.281 e. The van der Waals surface area contributed by atoms with E-state index in [4.69, 9.17) is 5.73 Å². The van der Waals surface area contributed by atoms with Crippen molar-refractivity contribution in [3.63, 3.8) is 0 Å². The molecule has 130 valence electrons. The van der Waals surface area contributed by atoms with Crippen molar-refractivity contribution in [3.8, 4) is 0 Å². The Morgan fingerprint density at radius 2 is 2.08 bits per heavy atom. The number of nitrogens with two attached hydrogens (primary N) is 1. The zero-order valence-corrected chi connectivity index (χ0v) is 14.9. The van der Waals surface area contributed by atoms with Gasteiger partial charge in [0.2, 0.25) is 0 Å². The van der Waals surface area contributed by atoms with Crippen LogP contribution in [0, 0.1) is 6.92 Å². The van der Waals surface area contributed by atoms with Crippen molar-refractivity contribution in [3.05, 3.63) is 46.7 Å². The quantitative estimate of drug-likeness (QED) is 0.839. The van der Waals surface area contributed by atoms with E-state index in [9.17, 15) is 4.79 Å². The number of aryl methyl sites for hydroxylation is 1. The number of aromatic amines is 1. The molecule has 3 rings (SSSR count). The Labute approximate surface area is 146 Å². The zero-order chi connectivity index (χ0) is 18.2. The first-order valence-electron chi connectivity index (χ1n) is 8.11. The third kappa shape index (κ3) is 3.10. The summed E-state index contributed by atoms with van der Waals surface area (Å²) >= 11 is 0. The van der Waals surface area contributed by atoms with Gasteiger partial charge < -0.3 is 10.7 Å². The normalized spacial score (nSPS) is 16.3. The largest absolute Gasteiger partial charge is 0.359 e. The van der Waals surface area contributed by atoms with Crippen molar-refractivity contribution in [2.24, 2.45) is 10.8 Å². The van der Waals surface area contributed by atoms with Crippen molar-refractivity contribution in [1.82, 2.24) is 15.0 Å². The molecule has 2 aromatic rings. The number of carbonyl (C=O) groups excluding carboxylic acids is 1. The summed E-state index contributed by atoms with van der Waals surface area (Å²) in [6.07, 6.45) is 7.95. The van der Waals surface area contributed by atoms with E-state index in [1.54, 1.807) is 12.4 Å². The van der Waals surface area contributed by atoms with E-state index in [2.05, 4.69) is 40.8 Å². The summed E-state index contributed by atoms with van der Waals surface area (Å²) in [5, 5.41) is 5.40. The lowest BCUT2D eigenvalue weighted by Gasteiger charge is -2.21. The van der Waals surface area contributed by atoms with Crippen LogP contribution < -0.4 is 10.7 Å². The van der Waals surface area contributed by atoms with Crippen molar-refractivity contribution >= 4 is 24.0 Å². The predicted octanol–water partition coefficient (Wildman–Crippen LogP) is 2.29. The summed E-state index contributed by atoms with van der Waals surface area (Å²) in [6, 6.07) is 0. The molecule has 0 spiro atoms. The molecule has 0 bridgehead atoms. The molecule has 7 nitrogen and oxygen atoms in total. The number of H-pyrrole nitrogens is 1. The molecule has 7 heteroatoms. The summed E-state index contributed by atoms with van der Waals surface area (Å²) in [5.74, 6) is 0.162. The molecule has 0 atom stereocenters. The topological polar surface area (TPSA) is 100 Å². The number of aromatic nitrogens is 3. The Bertz CT molecular complexity index is 858. The van der Waals surface area contributed by atoms with Crippen LogP contribution in [-0.4, -0.2) is 27.1 Å². The summed E-state index contributed by atoms with van der Waals surface area (Å²) in [4.78, 5) is 24.1. The van der Waals surface area contributed by atoms with Crippen LogP contribution in [0.4, 0.5) is 5.82 Å². The molecule has 0 aliphatic carbocycles. The number of rotatable bonds is 3. The summed E-state index contributed by atoms with van der Waals surface area (Å²) in [7, 11) is 0. The van der Waals surface area contributed by atoms with Gasteiger partial charge in [-0.25, -0.2) is 4.98 Å². The highest BCUT2D eigenvalue weighted by Crippen LogP contribution is 2.33. The smallest absolute Gasteiger partial charge is 0.281 e. The number of hydrogen-bond donors (Lipinski definition) is 2. The van der Waals surface area contributed by atoms with Crippen molar-refractivity contribution in [1.29, 1.82) is 0 Å². The number of hydrazone groups is 1. The van der Waals surface area contributed by atoms with Gasteiger partial charge in [-0.2, -0.15) is 10.1 Å². The second kappa shape index (κ2) is 6.25. The maximum absolute atomic E-state index is 12.7. The molecule has 1 aliphatic rings. The van der Waals surface area contributed by atoms with Gasteiger partial charge in [0.15, 0.2) is 5.82 Å². The molecule has 3 heterocycles. The van der Waals surface area contributed by atoms with E-state index in [0.717, 1.165) is 22.5 Å². The summed E-state index contributed by atoms with van der Waals surface area (Å²) < 4.78 is 0. The van der Waals surface area contributed by atoms with E-state index < -0.39 is 0 Å². The van der Waals surface area contributed by atoms with E-state index in [1.165, 1.54) is 17.4 Å². The van der Waals surface area contributed by atoms with Gasteiger partial charge in [-0.05, 0) is 29.5 Å². The highest BCUT2D eigenvalue weighted by molar-refractivity contribution is 6.25. The Morgan fingerprint density at radius 1 is 1.32 bits per heavy atom. The highest BCUT2D eigenvalue weighted by Gasteiger charge is 2.28. The van der Waals surface area contributed by atoms with E-state index >= 15 is 0 Å². The Morgan fingerprint density at radius 3 is 2.68 bits per heavy atom. The molecule has 3 N–H and O–H groups in total. The molecule has 2 aromatic heterocycles. The number of hydrogen-bond acceptors (Lipinski definition) is 5. The van der Waals surface area contributed by atoms with Gasteiger partial charge >= 0.3 is 0 Å². The first kappa shape index (κ1) is 17.0. The van der Waals surface area contributed by atoms with E-state index in [-0.39, 0.29) is 11.3 Å². The second-order valence-electron chi connectivity index (χ2n) is 7.00. The van der Waals surface area contributed by atoms with Crippen molar-refractivity contribution in [2.75, 3.05) is 5.01 Å². The van der Waals surface area contributed by atoms with Gasteiger partial charge in [-0.1, -0.05) is 20.8 Å². The van der Waals surface area contributed by atoms with Gasteiger partial charge in [0, 0.05) is 30.3 Å². The lowest BCUT2D eigenvalue weighted by atomic mass is 9.83. The van der Waals surface area contributed by atoms with Crippen LogP contribution in [0.25, 0.3) is 6.08 Å². The number of anilines is 1. The van der Waals surface area contributed by atoms with Crippen LogP contribution in [0.3, 0.4) is 0 Å². The minimum atomic E-state index is -0.234. The van der Waals surface area contributed by atoms with Crippen LogP contribution in [0.2, 0.25) is 0 Å². The molecule has 1 aliphatic heterocycles. The molecule has 25 heavy (non-hydrogen) atoms. The number of amides is 1. The highest BCUT2D eigenvalue weighted by atomic mass is 16.2. The molecule has 0 saturated carbocycles. The number of nitrogens with zero attached hydrogens (tertiary/aromatic N) is 4. The van der Waals surface area contributed by atoms with Crippen molar-refractivity contribution < 1.29 is 4.79 Å². The molecule has 1 amide bonds. The summed E-state index contributed by atoms with van der Waals surface area (Å²) in [5.41, 5.74) is 10.4. The van der Waals surface area contributed by atoms with Crippen molar-refractivity contribution in [2.45, 2.75) is 39.7 Å². The summed E-state index contributed by atoms with van der Waals surface area (Å²) in [6.45, 7) is 8.84. The second-order valence-corrected chi connectivity index (χ2v) is 7.00. The lowest BCUT2D eigenvalue weighted by Crippen LogP contribution is -2.22. The minimum Gasteiger partial charge on any atom is -0.359 e. The van der Waals surface area contributed by atoms with Gasteiger partial charge in [0.1, 0.15) is 0 Å². The van der Waals surface area contributed by atoms with E-state index in [0.29, 0.717) is 17.9 Å². The fraction of sp³-hybridized carbons (Fsp3) is 0.333. The molecule has 0 radical (unpaired) electrons. The monoisotopic (exact) mass is 338 g/mol.